The van der Waals surface area contributed by atoms with Gasteiger partial charge in [0.2, 0.25) is 0 Å². The quantitative estimate of drug-likeness (QED) is 0.535. The van der Waals surface area contributed by atoms with Gasteiger partial charge in [-0.3, -0.25) is 9.80 Å². The van der Waals surface area contributed by atoms with E-state index < -0.39 is 0 Å². The monoisotopic (exact) mass is 491 g/mol. The number of piperazine rings is 1. The first-order chi connectivity index (χ1) is 17.7. The number of phenolic OH excluding ortho intramolecular Hbond substituents is 1. The van der Waals surface area contributed by atoms with E-state index >= 15 is 0 Å². The number of hydrogen-bond donors (Lipinski definition) is 2. The first-order valence-electron chi connectivity index (χ1n) is 12.8. The fourth-order valence-corrected chi connectivity index (χ4v) is 5.79. The summed E-state index contributed by atoms with van der Waals surface area (Å²) >= 11 is 0. The number of rotatable bonds is 6. The van der Waals surface area contributed by atoms with E-state index in [1.54, 1.807) is 12.1 Å². The molecular weight excluding hydrogens is 458 g/mol. The summed E-state index contributed by atoms with van der Waals surface area (Å²) in [5.74, 6) is 1.60. The Morgan fingerprint density at radius 3 is 2.78 bits per heavy atom. The van der Waals surface area contributed by atoms with E-state index in [-0.39, 0.29) is 11.8 Å². The van der Waals surface area contributed by atoms with Crippen LogP contribution in [0.3, 0.4) is 0 Å². The largest absolute Gasteiger partial charge is 0.507 e. The summed E-state index contributed by atoms with van der Waals surface area (Å²) in [5, 5.41) is 26.6. The topological polar surface area (TPSA) is 103 Å². The molecule has 5 heterocycles. The summed E-state index contributed by atoms with van der Waals surface area (Å²) in [5.41, 5.74) is 2.48. The van der Waals surface area contributed by atoms with Crippen LogP contribution >= 0.6 is 0 Å². The molecule has 0 saturated carbocycles. The number of ether oxygens (including phenoxy) is 1. The smallest absolute Gasteiger partial charge is 0.254 e. The molecule has 0 aliphatic carbocycles. The minimum atomic E-state index is 0.223. The summed E-state index contributed by atoms with van der Waals surface area (Å²) in [7, 11) is 0. The van der Waals surface area contributed by atoms with Gasteiger partial charge < -0.3 is 24.6 Å². The lowest BCUT2D eigenvalue weighted by Gasteiger charge is -2.51. The molecule has 3 aromatic rings. The van der Waals surface area contributed by atoms with Crippen LogP contribution in [0.15, 0.2) is 47.2 Å². The minimum Gasteiger partial charge on any atom is -0.507 e. The number of likely N-dealkylation sites (tertiary alicyclic amines) is 1. The van der Waals surface area contributed by atoms with E-state index in [4.69, 9.17) is 9.26 Å². The van der Waals surface area contributed by atoms with Crippen molar-refractivity contribution >= 4 is 11.5 Å². The lowest BCUT2D eigenvalue weighted by Crippen LogP contribution is -2.63. The lowest BCUT2D eigenvalue weighted by atomic mass is 9.96. The SMILES string of the molecule is C[C@@H]1Nc2nnc(-c3ccccc3O)cc2N2CCN(C3CCN(CCOc4ccon4)CC3)CC12. The molecule has 0 radical (unpaired) electrons. The molecule has 10 heteroatoms. The molecule has 190 valence electrons. The van der Waals surface area contributed by atoms with E-state index in [1.165, 1.54) is 19.1 Å². The summed E-state index contributed by atoms with van der Waals surface area (Å²) in [6, 6.07) is 12.4. The first-order valence-corrected chi connectivity index (χ1v) is 12.8. The van der Waals surface area contributed by atoms with Gasteiger partial charge in [0.05, 0.1) is 17.4 Å². The Balaban J connectivity index is 1.08. The number of aromatic nitrogens is 3. The number of fused-ring (bicyclic) bond motifs is 3. The normalized spacial score (nSPS) is 23.1. The van der Waals surface area contributed by atoms with Crippen molar-refractivity contribution in [1.82, 2.24) is 25.2 Å². The van der Waals surface area contributed by atoms with Gasteiger partial charge in [-0.1, -0.05) is 12.1 Å². The standard InChI is InChI=1S/C26H33N7O3/c1-18-23-17-32(19-6-9-31(10-7-19)13-15-35-25-8-14-36-30-25)11-12-33(23)22-16-21(28-29-26(22)27-18)20-4-2-3-5-24(20)34/h2-5,8,14,16,18-19,23,34H,6-7,9-13,15,17H2,1H3,(H,27,29)/t18-,23?/m0/s1. The van der Waals surface area contributed by atoms with Crippen LogP contribution in [0.2, 0.25) is 0 Å². The van der Waals surface area contributed by atoms with Crippen LogP contribution in [-0.2, 0) is 0 Å². The van der Waals surface area contributed by atoms with Crippen molar-refractivity contribution in [3.05, 3.63) is 42.7 Å². The Kier molecular flexibility index (Phi) is 6.37. The highest BCUT2D eigenvalue weighted by molar-refractivity contribution is 5.76. The summed E-state index contributed by atoms with van der Waals surface area (Å²) < 4.78 is 10.5. The van der Waals surface area contributed by atoms with Crippen molar-refractivity contribution in [2.45, 2.75) is 37.9 Å². The number of piperidine rings is 1. The molecule has 3 aliphatic rings. The number of nitrogens with one attached hydrogen (secondary N) is 1. The van der Waals surface area contributed by atoms with Crippen molar-refractivity contribution < 1.29 is 14.4 Å². The Labute approximate surface area is 210 Å². The maximum absolute atomic E-state index is 10.3. The fraction of sp³-hybridized carbons (Fsp3) is 0.500. The zero-order chi connectivity index (χ0) is 24.5. The van der Waals surface area contributed by atoms with Gasteiger partial charge in [-0.05, 0) is 56.2 Å². The molecule has 1 aromatic carbocycles. The van der Waals surface area contributed by atoms with Crippen molar-refractivity contribution in [1.29, 1.82) is 0 Å². The fourth-order valence-electron chi connectivity index (χ4n) is 5.79. The number of anilines is 2. The van der Waals surface area contributed by atoms with Crippen LogP contribution in [0.5, 0.6) is 11.6 Å². The third-order valence-corrected chi connectivity index (χ3v) is 7.80. The van der Waals surface area contributed by atoms with E-state index in [0.29, 0.717) is 35.8 Å². The molecule has 2 saturated heterocycles. The molecule has 6 rings (SSSR count). The Morgan fingerprint density at radius 1 is 1.11 bits per heavy atom. The van der Waals surface area contributed by atoms with E-state index in [2.05, 4.69) is 48.4 Å². The molecule has 1 unspecified atom stereocenters. The molecule has 2 N–H and O–H groups in total. The zero-order valence-corrected chi connectivity index (χ0v) is 20.6. The van der Waals surface area contributed by atoms with Crippen molar-refractivity contribution in [2.75, 3.05) is 56.1 Å². The number of hydrogen-bond acceptors (Lipinski definition) is 10. The maximum Gasteiger partial charge on any atom is 0.254 e. The molecule has 0 bridgehead atoms. The summed E-state index contributed by atoms with van der Waals surface area (Å²) in [4.78, 5) is 7.65. The zero-order valence-electron chi connectivity index (χ0n) is 20.6. The Hall–Kier alpha value is -3.37. The van der Waals surface area contributed by atoms with Crippen LogP contribution in [0.4, 0.5) is 11.5 Å². The Bertz CT molecular complexity index is 1170. The van der Waals surface area contributed by atoms with Crippen molar-refractivity contribution in [2.24, 2.45) is 0 Å². The van der Waals surface area contributed by atoms with Gasteiger partial charge in [-0.2, -0.15) is 0 Å². The van der Waals surface area contributed by atoms with Gasteiger partial charge in [-0.15, -0.1) is 10.2 Å². The first kappa shape index (κ1) is 23.1. The molecule has 2 atom stereocenters. The van der Waals surface area contributed by atoms with E-state index in [0.717, 1.165) is 50.8 Å². The third kappa shape index (κ3) is 4.58. The number of phenols is 1. The van der Waals surface area contributed by atoms with Crippen LogP contribution in [0.1, 0.15) is 19.8 Å². The van der Waals surface area contributed by atoms with Gasteiger partial charge in [0, 0.05) is 49.9 Å². The highest BCUT2D eigenvalue weighted by Crippen LogP contribution is 2.38. The summed E-state index contributed by atoms with van der Waals surface area (Å²) in [6.45, 7) is 8.99. The van der Waals surface area contributed by atoms with Gasteiger partial charge in [0.15, 0.2) is 5.82 Å². The predicted octanol–water partition coefficient (Wildman–Crippen LogP) is 2.69. The highest BCUT2D eigenvalue weighted by Gasteiger charge is 2.39. The van der Waals surface area contributed by atoms with E-state index in [1.807, 2.05) is 18.2 Å². The molecular formula is C26H33N7O3. The van der Waals surface area contributed by atoms with Crippen molar-refractivity contribution in [3.8, 4) is 22.9 Å². The number of para-hydroxylation sites is 1. The van der Waals surface area contributed by atoms with Gasteiger partial charge in [0.25, 0.3) is 5.88 Å². The molecule has 0 amide bonds. The van der Waals surface area contributed by atoms with Crippen LogP contribution in [-0.4, -0.2) is 94.3 Å². The number of nitrogens with zero attached hydrogens (tertiary/aromatic N) is 6. The lowest BCUT2D eigenvalue weighted by molar-refractivity contribution is 0.0819. The predicted molar refractivity (Wildman–Crippen MR) is 136 cm³/mol. The number of aromatic hydroxyl groups is 1. The van der Waals surface area contributed by atoms with Crippen LogP contribution < -0.4 is 15.0 Å². The third-order valence-electron chi connectivity index (χ3n) is 7.80. The molecule has 2 aromatic heterocycles. The highest BCUT2D eigenvalue weighted by atomic mass is 16.5. The average Bonchev–Trinajstić information content (AvgIpc) is 3.43. The second kappa shape index (κ2) is 9.94. The second-order valence-corrected chi connectivity index (χ2v) is 9.93. The van der Waals surface area contributed by atoms with Gasteiger partial charge in [0.1, 0.15) is 18.6 Å². The Morgan fingerprint density at radius 2 is 1.97 bits per heavy atom. The molecule has 0 spiro atoms. The average molecular weight is 492 g/mol. The van der Waals surface area contributed by atoms with Gasteiger partial charge >= 0.3 is 0 Å². The summed E-state index contributed by atoms with van der Waals surface area (Å²) in [6.07, 6.45) is 3.89. The van der Waals surface area contributed by atoms with Gasteiger partial charge in [-0.25, -0.2) is 0 Å². The maximum atomic E-state index is 10.3. The molecule has 3 aliphatic heterocycles. The minimum absolute atomic E-state index is 0.223. The van der Waals surface area contributed by atoms with Crippen molar-refractivity contribution in [3.63, 3.8) is 0 Å². The second-order valence-electron chi connectivity index (χ2n) is 9.93. The molecule has 36 heavy (non-hydrogen) atoms. The molecule has 10 nitrogen and oxygen atoms in total. The number of benzene rings is 1. The molecule has 2 fully saturated rings. The van der Waals surface area contributed by atoms with E-state index in [9.17, 15) is 5.11 Å². The van der Waals surface area contributed by atoms with Crippen LogP contribution in [0.25, 0.3) is 11.3 Å². The van der Waals surface area contributed by atoms with Crippen LogP contribution in [0, 0.1) is 0 Å².